The number of carbonyl (C=O) groups is 2. The second-order valence-corrected chi connectivity index (χ2v) is 8.25. The Morgan fingerprint density at radius 1 is 1.28 bits per heavy atom. The average Bonchev–Trinajstić information content (AvgIpc) is 3.42. The van der Waals surface area contributed by atoms with Crippen LogP contribution < -0.4 is 10.9 Å². The van der Waals surface area contributed by atoms with Crippen LogP contribution in [0.15, 0.2) is 10.9 Å². The lowest BCUT2D eigenvalue weighted by molar-refractivity contribution is -0.123. The third-order valence-corrected chi connectivity index (χ3v) is 5.48. The molecule has 1 atom stereocenters. The SMILES string of the molecule is CC(C)c1nn(CC(=O)NC2CCCN(C(=O)O)C2)c(=O)c2cc(C3CC3)nn12. The van der Waals surface area contributed by atoms with Gasteiger partial charge < -0.3 is 15.3 Å². The summed E-state index contributed by atoms with van der Waals surface area (Å²) in [4.78, 5) is 37.9. The molecular weight excluding hydrogens is 376 g/mol. The Morgan fingerprint density at radius 3 is 2.69 bits per heavy atom. The number of piperidine rings is 1. The van der Waals surface area contributed by atoms with Crippen LogP contribution in [-0.2, 0) is 11.3 Å². The smallest absolute Gasteiger partial charge is 0.407 e. The van der Waals surface area contributed by atoms with Crippen LogP contribution >= 0.6 is 0 Å². The Morgan fingerprint density at radius 2 is 2.03 bits per heavy atom. The van der Waals surface area contributed by atoms with Gasteiger partial charge in [-0.05, 0) is 31.7 Å². The highest BCUT2D eigenvalue weighted by molar-refractivity contribution is 5.76. The first kappa shape index (κ1) is 19.4. The summed E-state index contributed by atoms with van der Waals surface area (Å²) in [6, 6.07) is 1.56. The second kappa shape index (κ2) is 7.49. The fourth-order valence-corrected chi connectivity index (χ4v) is 3.79. The van der Waals surface area contributed by atoms with Crippen LogP contribution in [0.2, 0.25) is 0 Å². The molecule has 10 heteroatoms. The number of hydrogen-bond donors (Lipinski definition) is 2. The van der Waals surface area contributed by atoms with Crippen molar-refractivity contribution in [3.63, 3.8) is 0 Å². The zero-order chi connectivity index (χ0) is 20.7. The summed E-state index contributed by atoms with van der Waals surface area (Å²) in [7, 11) is 0. The van der Waals surface area contributed by atoms with Gasteiger partial charge in [0.1, 0.15) is 12.1 Å². The molecule has 1 saturated heterocycles. The summed E-state index contributed by atoms with van der Waals surface area (Å²) in [6.45, 7) is 4.46. The zero-order valence-corrected chi connectivity index (χ0v) is 16.7. The van der Waals surface area contributed by atoms with Crippen molar-refractivity contribution in [1.29, 1.82) is 0 Å². The van der Waals surface area contributed by atoms with E-state index in [9.17, 15) is 14.4 Å². The van der Waals surface area contributed by atoms with Crippen LogP contribution in [0.1, 0.15) is 62.9 Å². The first-order chi connectivity index (χ1) is 13.8. The third kappa shape index (κ3) is 3.96. The molecule has 0 aromatic carbocycles. The van der Waals surface area contributed by atoms with Gasteiger partial charge in [-0.25, -0.2) is 14.0 Å². The Labute approximate surface area is 167 Å². The number of aromatic nitrogens is 4. The van der Waals surface area contributed by atoms with Crippen molar-refractivity contribution >= 4 is 17.5 Å². The van der Waals surface area contributed by atoms with Crippen molar-refractivity contribution in [3.8, 4) is 0 Å². The van der Waals surface area contributed by atoms with Gasteiger partial charge in [-0.1, -0.05) is 13.8 Å². The quantitative estimate of drug-likeness (QED) is 0.774. The van der Waals surface area contributed by atoms with Crippen molar-refractivity contribution in [1.82, 2.24) is 29.6 Å². The highest BCUT2D eigenvalue weighted by Crippen LogP contribution is 2.39. The zero-order valence-electron chi connectivity index (χ0n) is 16.7. The molecule has 156 valence electrons. The summed E-state index contributed by atoms with van der Waals surface area (Å²) in [5.74, 6) is 0.725. The van der Waals surface area contributed by atoms with E-state index in [2.05, 4.69) is 15.5 Å². The predicted octanol–water partition coefficient (Wildman–Crippen LogP) is 1.15. The van der Waals surface area contributed by atoms with Crippen molar-refractivity contribution in [2.24, 2.45) is 0 Å². The van der Waals surface area contributed by atoms with Crippen molar-refractivity contribution in [3.05, 3.63) is 27.9 Å². The lowest BCUT2D eigenvalue weighted by Crippen LogP contribution is -2.50. The lowest BCUT2D eigenvalue weighted by atomic mass is 10.1. The Hall–Kier alpha value is -2.91. The molecule has 2 aliphatic rings. The molecule has 1 saturated carbocycles. The summed E-state index contributed by atoms with van der Waals surface area (Å²) in [5, 5.41) is 21.0. The molecule has 1 aliphatic carbocycles. The molecular formula is C19H26N6O4. The summed E-state index contributed by atoms with van der Waals surface area (Å²) < 4.78 is 2.80. The highest BCUT2D eigenvalue weighted by atomic mass is 16.4. The molecule has 0 radical (unpaired) electrons. The van der Waals surface area contributed by atoms with Crippen LogP contribution in [0.25, 0.3) is 5.52 Å². The summed E-state index contributed by atoms with van der Waals surface area (Å²) in [6.07, 6.45) is 2.58. The topological polar surface area (TPSA) is 122 Å². The summed E-state index contributed by atoms with van der Waals surface area (Å²) in [5.41, 5.74) is 0.997. The van der Waals surface area contributed by atoms with E-state index < -0.39 is 6.09 Å². The number of likely N-dealkylation sites (tertiary alicyclic amines) is 1. The van der Waals surface area contributed by atoms with Crippen molar-refractivity contribution in [2.45, 2.75) is 64.0 Å². The molecule has 0 bridgehead atoms. The lowest BCUT2D eigenvalue weighted by Gasteiger charge is -2.31. The predicted molar refractivity (Wildman–Crippen MR) is 104 cm³/mol. The van der Waals surface area contributed by atoms with E-state index in [-0.39, 0.29) is 36.5 Å². The van der Waals surface area contributed by atoms with E-state index in [0.717, 1.165) is 18.5 Å². The second-order valence-electron chi connectivity index (χ2n) is 8.25. The number of hydrogen-bond acceptors (Lipinski definition) is 5. The van der Waals surface area contributed by atoms with Crippen molar-refractivity contribution < 1.29 is 14.7 Å². The number of nitrogens with one attached hydrogen (secondary N) is 1. The fraction of sp³-hybridized carbons (Fsp3) is 0.632. The van der Waals surface area contributed by atoms with Crippen LogP contribution in [0.5, 0.6) is 0 Å². The summed E-state index contributed by atoms with van der Waals surface area (Å²) >= 11 is 0. The van der Waals surface area contributed by atoms with Gasteiger partial charge in [-0.3, -0.25) is 9.59 Å². The maximum Gasteiger partial charge on any atom is 0.407 e. The molecule has 2 fully saturated rings. The first-order valence-electron chi connectivity index (χ1n) is 10.1. The molecule has 29 heavy (non-hydrogen) atoms. The molecule has 4 rings (SSSR count). The van der Waals surface area contributed by atoms with E-state index >= 15 is 0 Å². The van der Waals surface area contributed by atoms with Gasteiger partial charge in [-0.2, -0.15) is 10.2 Å². The number of amides is 2. The standard InChI is InChI=1S/C19H26N6O4/c1-11(2)17-22-24(18(27)15-8-14(12-5-6-12)21-25(15)17)10-16(26)20-13-4-3-7-23(9-13)19(28)29/h8,11-13H,3-7,9-10H2,1-2H3,(H,20,26)(H,28,29). The molecule has 2 aromatic rings. The fourth-order valence-electron chi connectivity index (χ4n) is 3.79. The van der Waals surface area contributed by atoms with Gasteiger partial charge in [-0.15, -0.1) is 0 Å². The normalized spacial score (nSPS) is 19.7. The molecule has 0 spiro atoms. The van der Waals surface area contributed by atoms with Crippen molar-refractivity contribution in [2.75, 3.05) is 13.1 Å². The number of carboxylic acid groups (broad SMARTS) is 1. The Balaban J connectivity index is 1.55. The number of fused-ring (bicyclic) bond motifs is 1. The van der Waals surface area contributed by atoms with Gasteiger partial charge in [0.05, 0.1) is 5.69 Å². The van der Waals surface area contributed by atoms with Gasteiger partial charge in [0.2, 0.25) is 5.91 Å². The maximum absolute atomic E-state index is 12.9. The Kier molecular flexibility index (Phi) is 5.01. The molecule has 2 N–H and O–H groups in total. The van der Waals surface area contributed by atoms with Gasteiger partial charge in [0.15, 0.2) is 5.82 Å². The largest absolute Gasteiger partial charge is 0.465 e. The minimum Gasteiger partial charge on any atom is -0.465 e. The van der Waals surface area contributed by atoms with Crippen LogP contribution in [0.4, 0.5) is 4.79 Å². The molecule has 1 aliphatic heterocycles. The van der Waals surface area contributed by atoms with Crippen LogP contribution in [0, 0.1) is 0 Å². The molecule has 2 amide bonds. The van der Waals surface area contributed by atoms with E-state index in [1.807, 2.05) is 19.9 Å². The number of rotatable bonds is 5. The van der Waals surface area contributed by atoms with E-state index in [0.29, 0.717) is 36.6 Å². The maximum atomic E-state index is 12.9. The molecule has 3 heterocycles. The average molecular weight is 402 g/mol. The molecule has 2 aromatic heterocycles. The number of carbonyl (C=O) groups excluding carboxylic acids is 1. The van der Waals surface area contributed by atoms with Crippen LogP contribution in [-0.4, -0.2) is 60.5 Å². The van der Waals surface area contributed by atoms with Gasteiger partial charge in [0.25, 0.3) is 5.56 Å². The van der Waals surface area contributed by atoms with Gasteiger partial charge in [0, 0.05) is 31.0 Å². The molecule has 1 unspecified atom stereocenters. The third-order valence-electron chi connectivity index (χ3n) is 5.48. The van der Waals surface area contributed by atoms with E-state index in [1.165, 1.54) is 9.58 Å². The minimum absolute atomic E-state index is 0.0295. The van der Waals surface area contributed by atoms with E-state index in [4.69, 9.17) is 5.11 Å². The monoisotopic (exact) mass is 402 g/mol. The first-order valence-corrected chi connectivity index (χ1v) is 10.1. The highest BCUT2D eigenvalue weighted by Gasteiger charge is 2.29. The minimum atomic E-state index is -0.985. The van der Waals surface area contributed by atoms with E-state index in [1.54, 1.807) is 4.52 Å². The molecule has 10 nitrogen and oxygen atoms in total. The van der Waals surface area contributed by atoms with Gasteiger partial charge >= 0.3 is 6.09 Å². The number of nitrogens with zero attached hydrogens (tertiary/aromatic N) is 5. The van der Waals surface area contributed by atoms with Crippen LogP contribution in [0.3, 0.4) is 0 Å². The Bertz CT molecular complexity index is 1010.